The summed E-state index contributed by atoms with van der Waals surface area (Å²) >= 11 is 1.92. The van der Waals surface area contributed by atoms with E-state index in [1.807, 2.05) is 17.8 Å². The topological polar surface area (TPSA) is 41.1 Å². The molecule has 4 heteroatoms. The molecule has 1 unspecified atom stereocenters. The second-order valence-corrected chi connectivity index (χ2v) is 8.69. The lowest BCUT2D eigenvalue weighted by Crippen LogP contribution is -2.35. The number of carbonyl (C=O) groups is 1. The Morgan fingerprint density at radius 2 is 2.00 bits per heavy atom. The minimum Gasteiger partial charge on any atom is -0.355 e. The van der Waals surface area contributed by atoms with Gasteiger partial charge in [0.05, 0.1) is 0 Å². The van der Waals surface area contributed by atoms with Gasteiger partial charge in [-0.15, -0.1) is 11.8 Å². The summed E-state index contributed by atoms with van der Waals surface area (Å²) in [5.41, 5.74) is 0. The molecule has 0 spiro atoms. The number of hydrogen-bond donors (Lipinski definition) is 2. The third kappa shape index (κ3) is 4.98. The van der Waals surface area contributed by atoms with Crippen LogP contribution in [0, 0.1) is 11.8 Å². The van der Waals surface area contributed by atoms with Gasteiger partial charge in [0, 0.05) is 22.6 Å². The number of carbonyl (C=O) groups excluding carboxylic acids is 1. The van der Waals surface area contributed by atoms with Gasteiger partial charge < -0.3 is 10.6 Å². The first-order valence-electron chi connectivity index (χ1n) is 8.88. The molecule has 1 aromatic carbocycles. The van der Waals surface area contributed by atoms with Gasteiger partial charge in [0.25, 0.3) is 0 Å². The lowest BCUT2D eigenvalue weighted by atomic mass is 9.84. The zero-order chi connectivity index (χ0) is 16.1. The van der Waals surface area contributed by atoms with Crippen molar-refractivity contribution in [2.45, 2.75) is 48.7 Å². The van der Waals surface area contributed by atoms with E-state index in [9.17, 15) is 4.79 Å². The first-order chi connectivity index (χ1) is 11.2. The average Bonchev–Trinajstić information content (AvgIpc) is 3.35. The highest BCUT2D eigenvalue weighted by atomic mass is 32.2. The molecule has 23 heavy (non-hydrogen) atoms. The number of rotatable bonds is 7. The van der Waals surface area contributed by atoms with Crippen molar-refractivity contribution >= 4 is 17.7 Å². The highest BCUT2D eigenvalue weighted by Gasteiger charge is 2.43. The first kappa shape index (κ1) is 16.8. The molecule has 1 saturated heterocycles. The molecule has 2 aliphatic rings. The van der Waals surface area contributed by atoms with Crippen LogP contribution in [0.1, 0.15) is 39.0 Å². The second-order valence-electron chi connectivity index (χ2n) is 7.14. The number of piperidine rings is 1. The van der Waals surface area contributed by atoms with E-state index in [1.54, 1.807) is 0 Å². The molecular formula is C19H28N2OS. The van der Waals surface area contributed by atoms with Crippen LogP contribution in [0.15, 0.2) is 35.2 Å². The van der Waals surface area contributed by atoms with Gasteiger partial charge in [-0.3, -0.25) is 4.79 Å². The van der Waals surface area contributed by atoms with Crippen LogP contribution in [-0.2, 0) is 4.79 Å². The maximum atomic E-state index is 12.3. The van der Waals surface area contributed by atoms with E-state index in [2.05, 4.69) is 41.8 Å². The van der Waals surface area contributed by atoms with Crippen LogP contribution in [0.25, 0.3) is 0 Å². The van der Waals surface area contributed by atoms with E-state index < -0.39 is 0 Å². The molecule has 1 aliphatic carbocycles. The van der Waals surface area contributed by atoms with Crippen LogP contribution >= 0.6 is 11.8 Å². The quantitative estimate of drug-likeness (QED) is 0.803. The summed E-state index contributed by atoms with van der Waals surface area (Å²) in [6, 6.07) is 10.5. The normalized spacial score (nSPS) is 21.6. The molecular weight excluding hydrogens is 304 g/mol. The average molecular weight is 333 g/mol. The predicted molar refractivity (Wildman–Crippen MR) is 96.6 cm³/mol. The fraction of sp³-hybridized carbons (Fsp3) is 0.632. The first-order valence-corrected chi connectivity index (χ1v) is 9.70. The summed E-state index contributed by atoms with van der Waals surface area (Å²) in [5, 5.41) is 6.60. The third-order valence-corrected chi connectivity index (χ3v) is 6.68. The fourth-order valence-corrected chi connectivity index (χ4v) is 4.64. The summed E-state index contributed by atoms with van der Waals surface area (Å²) in [7, 11) is 0. The molecule has 3 nitrogen and oxygen atoms in total. The molecule has 126 valence electrons. The lowest BCUT2D eigenvalue weighted by molar-refractivity contribution is -0.122. The van der Waals surface area contributed by atoms with Crippen molar-refractivity contribution in [1.82, 2.24) is 10.6 Å². The fourth-order valence-electron chi connectivity index (χ4n) is 3.40. The van der Waals surface area contributed by atoms with E-state index in [-0.39, 0.29) is 10.7 Å². The molecule has 0 bridgehead atoms. The van der Waals surface area contributed by atoms with Gasteiger partial charge in [-0.05, 0) is 62.7 Å². The standard InChI is InChI=1S/C19H28N2OS/c1-15(16-7-11-20-12-8-16)13-18(22)21-14-19(9-10-19)23-17-5-3-2-4-6-17/h2-6,15-16,20H,7-14H2,1H3,(H,21,22). The molecule has 1 saturated carbocycles. The zero-order valence-electron chi connectivity index (χ0n) is 14.0. The van der Waals surface area contributed by atoms with E-state index in [4.69, 9.17) is 0 Å². The van der Waals surface area contributed by atoms with Crippen molar-refractivity contribution in [2.75, 3.05) is 19.6 Å². The maximum absolute atomic E-state index is 12.3. The molecule has 2 N–H and O–H groups in total. The lowest BCUT2D eigenvalue weighted by Gasteiger charge is -2.28. The number of benzene rings is 1. The SMILES string of the molecule is CC(CC(=O)NCC1(Sc2ccccc2)CC1)C1CCNCC1. The van der Waals surface area contributed by atoms with Crippen molar-refractivity contribution in [3.63, 3.8) is 0 Å². The molecule has 1 aliphatic heterocycles. The Labute approximate surface area is 144 Å². The van der Waals surface area contributed by atoms with Crippen molar-refractivity contribution in [3.8, 4) is 0 Å². The summed E-state index contributed by atoms with van der Waals surface area (Å²) in [4.78, 5) is 13.6. The van der Waals surface area contributed by atoms with Gasteiger partial charge in [-0.25, -0.2) is 0 Å². The van der Waals surface area contributed by atoms with E-state index in [1.165, 1.54) is 30.6 Å². The van der Waals surface area contributed by atoms with Gasteiger partial charge >= 0.3 is 0 Å². The molecule has 2 fully saturated rings. The molecule has 0 radical (unpaired) electrons. The van der Waals surface area contributed by atoms with Crippen LogP contribution in [0.4, 0.5) is 0 Å². The summed E-state index contributed by atoms with van der Waals surface area (Å²) in [5.74, 6) is 1.43. The molecule has 1 aromatic rings. The Hall–Kier alpha value is -1.00. The Bertz CT molecular complexity index is 509. The smallest absolute Gasteiger partial charge is 0.220 e. The number of hydrogen-bond acceptors (Lipinski definition) is 3. The van der Waals surface area contributed by atoms with Crippen molar-refractivity contribution in [1.29, 1.82) is 0 Å². The largest absolute Gasteiger partial charge is 0.355 e. The third-order valence-electron chi connectivity index (χ3n) is 5.19. The molecule has 1 heterocycles. The molecule has 1 atom stereocenters. The Morgan fingerprint density at radius 3 is 2.65 bits per heavy atom. The van der Waals surface area contributed by atoms with Gasteiger partial charge in [0.15, 0.2) is 0 Å². The molecule has 3 rings (SSSR count). The van der Waals surface area contributed by atoms with E-state index >= 15 is 0 Å². The molecule has 1 amide bonds. The summed E-state index contributed by atoms with van der Waals surface area (Å²) in [6.45, 7) is 5.26. The minimum atomic E-state index is 0.232. The summed E-state index contributed by atoms with van der Waals surface area (Å²) < 4.78 is 0.245. The van der Waals surface area contributed by atoms with Gasteiger partial charge in [0.2, 0.25) is 5.91 Å². The number of nitrogens with one attached hydrogen (secondary N) is 2. The Kier molecular flexibility index (Phi) is 5.65. The van der Waals surface area contributed by atoms with E-state index in [0.29, 0.717) is 18.3 Å². The molecule has 0 aromatic heterocycles. The van der Waals surface area contributed by atoms with Crippen LogP contribution in [0.5, 0.6) is 0 Å². The van der Waals surface area contributed by atoms with Gasteiger partial charge in [-0.1, -0.05) is 25.1 Å². The Morgan fingerprint density at radius 1 is 1.30 bits per heavy atom. The minimum absolute atomic E-state index is 0.232. The van der Waals surface area contributed by atoms with Gasteiger partial charge in [0.1, 0.15) is 0 Å². The van der Waals surface area contributed by atoms with E-state index in [0.717, 1.165) is 19.6 Å². The highest BCUT2D eigenvalue weighted by molar-refractivity contribution is 8.01. The number of thioether (sulfide) groups is 1. The van der Waals surface area contributed by atoms with Crippen LogP contribution in [0.3, 0.4) is 0 Å². The van der Waals surface area contributed by atoms with Crippen LogP contribution < -0.4 is 10.6 Å². The van der Waals surface area contributed by atoms with Crippen LogP contribution in [-0.4, -0.2) is 30.3 Å². The van der Waals surface area contributed by atoms with Crippen LogP contribution in [0.2, 0.25) is 0 Å². The monoisotopic (exact) mass is 332 g/mol. The Balaban J connectivity index is 1.41. The number of amides is 1. The second kappa shape index (κ2) is 7.71. The van der Waals surface area contributed by atoms with Crippen molar-refractivity contribution in [3.05, 3.63) is 30.3 Å². The summed E-state index contributed by atoms with van der Waals surface area (Å²) in [6.07, 6.45) is 5.51. The van der Waals surface area contributed by atoms with Crippen molar-refractivity contribution < 1.29 is 4.79 Å². The highest BCUT2D eigenvalue weighted by Crippen LogP contribution is 2.51. The maximum Gasteiger partial charge on any atom is 0.220 e. The predicted octanol–water partition coefficient (Wildman–Crippen LogP) is 3.45. The van der Waals surface area contributed by atoms with Crippen molar-refractivity contribution in [2.24, 2.45) is 11.8 Å². The van der Waals surface area contributed by atoms with Gasteiger partial charge in [-0.2, -0.15) is 0 Å². The zero-order valence-corrected chi connectivity index (χ0v) is 14.8.